The van der Waals surface area contributed by atoms with Crippen molar-refractivity contribution in [2.24, 2.45) is 4.99 Å². The van der Waals surface area contributed by atoms with Gasteiger partial charge in [-0.15, -0.1) is 24.0 Å². The van der Waals surface area contributed by atoms with Crippen LogP contribution in [0.2, 0.25) is 0 Å². The van der Waals surface area contributed by atoms with Crippen molar-refractivity contribution in [2.75, 3.05) is 54.5 Å². The molecule has 0 atom stereocenters. The van der Waals surface area contributed by atoms with E-state index < -0.39 is 0 Å². The number of benzene rings is 1. The van der Waals surface area contributed by atoms with E-state index in [0.29, 0.717) is 0 Å². The number of hydrogen-bond donors (Lipinski definition) is 1. The van der Waals surface area contributed by atoms with Gasteiger partial charge in [-0.1, -0.05) is 0 Å². The van der Waals surface area contributed by atoms with Crippen molar-refractivity contribution in [1.82, 2.24) is 15.1 Å². The second kappa shape index (κ2) is 9.82. The zero-order chi connectivity index (χ0) is 15.9. The molecule has 0 amide bonds. The smallest absolute Gasteiger partial charge is 0.193 e. The average molecular weight is 434 g/mol. The third-order valence-corrected chi connectivity index (χ3v) is 3.99. The lowest BCUT2D eigenvalue weighted by Gasteiger charge is -2.36. The zero-order valence-electron chi connectivity index (χ0n) is 14.3. The third kappa shape index (κ3) is 5.13. The number of aliphatic imine (C=N–C) groups is 1. The standard InChI is InChI=1S/C16H26N4O2.HI/c1-17-16(18-2)20-9-7-19(8-10-20)12-13-11-14(21-3)5-6-15(13)22-4;/h5-6,11H,7-10,12H2,1-4H3,(H,17,18);1H. The molecule has 1 saturated heterocycles. The number of guanidine groups is 1. The molecule has 0 radical (unpaired) electrons. The Balaban J connectivity index is 0.00000264. The Labute approximate surface area is 155 Å². The highest BCUT2D eigenvalue weighted by molar-refractivity contribution is 14.0. The number of ether oxygens (including phenoxy) is 2. The molecule has 0 aromatic heterocycles. The lowest BCUT2D eigenvalue weighted by atomic mass is 10.1. The maximum absolute atomic E-state index is 5.46. The van der Waals surface area contributed by atoms with Crippen LogP contribution >= 0.6 is 24.0 Å². The summed E-state index contributed by atoms with van der Waals surface area (Å²) < 4.78 is 10.8. The van der Waals surface area contributed by atoms with Gasteiger partial charge in [0.15, 0.2) is 5.96 Å². The zero-order valence-corrected chi connectivity index (χ0v) is 16.7. The SMILES string of the molecule is CN=C(NC)N1CCN(Cc2cc(OC)ccc2OC)CC1.I. The fourth-order valence-corrected chi connectivity index (χ4v) is 2.78. The molecule has 1 fully saturated rings. The van der Waals surface area contributed by atoms with Gasteiger partial charge >= 0.3 is 0 Å². The molecular formula is C16H27IN4O2. The topological polar surface area (TPSA) is 49.3 Å². The minimum Gasteiger partial charge on any atom is -0.497 e. The van der Waals surface area contributed by atoms with E-state index in [2.05, 4.69) is 26.2 Å². The second-order valence-electron chi connectivity index (χ2n) is 5.24. The van der Waals surface area contributed by atoms with Crippen LogP contribution in [0.25, 0.3) is 0 Å². The van der Waals surface area contributed by atoms with Crippen molar-refractivity contribution in [3.63, 3.8) is 0 Å². The summed E-state index contributed by atoms with van der Waals surface area (Å²) in [5, 5.41) is 3.14. The Morgan fingerprint density at radius 2 is 1.87 bits per heavy atom. The Kier molecular flexibility index (Phi) is 8.46. The van der Waals surface area contributed by atoms with E-state index in [9.17, 15) is 0 Å². The number of rotatable bonds is 4. The Hall–Kier alpha value is -1.22. The highest BCUT2D eigenvalue weighted by Gasteiger charge is 2.20. The molecule has 1 aromatic carbocycles. The first-order valence-electron chi connectivity index (χ1n) is 7.54. The average Bonchev–Trinajstić information content (AvgIpc) is 2.57. The van der Waals surface area contributed by atoms with Crippen LogP contribution in [0.3, 0.4) is 0 Å². The van der Waals surface area contributed by atoms with Crippen LogP contribution < -0.4 is 14.8 Å². The van der Waals surface area contributed by atoms with Gasteiger partial charge < -0.3 is 19.7 Å². The third-order valence-electron chi connectivity index (χ3n) is 3.99. The molecule has 23 heavy (non-hydrogen) atoms. The van der Waals surface area contributed by atoms with Gasteiger partial charge in [0.2, 0.25) is 0 Å². The van der Waals surface area contributed by atoms with Crippen LogP contribution in [0.1, 0.15) is 5.56 Å². The number of hydrogen-bond acceptors (Lipinski definition) is 4. The molecule has 0 unspecified atom stereocenters. The predicted molar refractivity (Wildman–Crippen MR) is 104 cm³/mol. The van der Waals surface area contributed by atoms with Crippen LogP contribution in [-0.4, -0.2) is 70.3 Å². The van der Waals surface area contributed by atoms with Gasteiger partial charge in [-0.3, -0.25) is 9.89 Å². The largest absolute Gasteiger partial charge is 0.497 e. The molecule has 1 N–H and O–H groups in total. The molecule has 2 rings (SSSR count). The molecule has 1 aliphatic rings. The number of methoxy groups -OCH3 is 2. The highest BCUT2D eigenvalue weighted by atomic mass is 127. The summed E-state index contributed by atoms with van der Waals surface area (Å²) in [6, 6.07) is 5.95. The van der Waals surface area contributed by atoms with Gasteiger partial charge in [-0.25, -0.2) is 0 Å². The van der Waals surface area contributed by atoms with Gasteiger partial charge in [-0.2, -0.15) is 0 Å². The highest BCUT2D eigenvalue weighted by Crippen LogP contribution is 2.25. The Morgan fingerprint density at radius 3 is 2.39 bits per heavy atom. The molecule has 0 spiro atoms. The number of halogens is 1. The second-order valence-corrected chi connectivity index (χ2v) is 5.24. The summed E-state index contributed by atoms with van der Waals surface area (Å²) in [4.78, 5) is 8.97. The van der Waals surface area contributed by atoms with E-state index in [-0.39, 0.29) is 24.0 Å². The van der Waals surface area contributed by atoms with Crippen LogP contribution in [0, 0.1) is 0 Å². The van der Waals surface area contributed by atoms with E-state index in [1.807, 2.05) is 26.2 Å². The minimum absolute atomic E-state index is 0. The first kappa shape index (κ1) is 19.8. The van der Waals surface area contributed by atoms with E-state index in [1.54, 1.807) is 14.2 Å². The normalized spacial score (nSPS) is 15.8. The molecule has 7 heteroatoms. The van der Waals surface area contributed by atoms with E-state index >= 15 is 0 Å². The summed E-state index contributed by atoms with van der Waals surface area (Å²) in [5.74, 6) is 2.73. The molecule has 0 saturated carbocycles. The summed E-state index contributed by atoms with van der Waals surface area (Å²) >= 11 is 0. The minimum atomic E-state index is 0. The molecule has 1 aliphatic heterocycles. The predicted octanol–water partition coefficient (Wildman–Crippen LogP) is 1.64. The van der Waals surface area contributed by atoms with Crippen molar-refractivity contribution in [1.29, 1.82) is 0 Å². The quantitative estimate of drug-likeness (QED) is 0.444. The van der Waals surface area contributed by atoms with E-state index in [4.69, 9.17) is 9.47 Å². The molecular weight excluding hydrogens is 407 g/mol. The summed E-state index contributed by atoms with van der Waals surface area (Å²) in [7, 11) is 7.13. The lowest BCUT2D eigenvalue weighted by Crippen LogP contribution is -2.51. The fourth-order valence-electron chi connectivity index (χ4n) is 2.78. The molecule has 1 aromatic rings. The maximum atomic E-state index is 5.46. The molecule has 130 valence electrons. The fraction of sp³-hybridized carbons (Fsp3) is 0.562. The number of piperazine rings is 1. The molecule has 0 bridgehead atoms. The first-order chi connectivity index (χ1) is 10.7. The van der Waals surface area contributed by atoms with Crippen LogP contribution in [0.15, 0.2) is 23.2 Å². The van der Waals surface area contributed by atoms with Crippen molar-refractivity contribution >= 4 is 29.9 Å². The van der Waals surface area contributed by atoms with Crippen molar-refractivity contribution in [3.05, 3.63) is 23.8 Å². The molecule has 1 heterocycles. The van der Waals surface area contributed by atoms with Gasteiger partial charge in [0.25, 0.3) is 0 Å². The van der Waals surface area contributed by atoms with Crippen molar-refractivity contribution in [3.8, 4) is 11.5 Å². The van der Waals surface area contributed by atoms with Crippen LogP contribution in [-0.2, 0) is 6.54 Å². The summed E-state index contributed by atoms with van der Waals surface area (Å²) in [6.07, 6.45) is 0. The maximum Gasteiger partial charge on any atom is 0.193 e. The Morgan fingerprint density at radius 1 is 1.17 bits per heavy atom. The number of nitrogens with zero attached hydrogens (tertiary/aromatic N) is 3. The van der Waals surface area contributed by atoms with Crippen molar-refractivity contribution in [2.45, 2.75) is 6.54 Å². The van der Waals surface area contributed by atoms with Gasteiger partial charge in [0.1, 0.15) is 11.5 Å². The van der Waals surface area contributed by atoms with Gasteiger partial charge in [-0.05, 0) is 18.2 Å². The van der Waals surface area contributed by atoms with Gasteiger partial charge in [0, 0.05) is 52.4 Å². The van der Waals surface area contributed by atoms with Gasteiger partial charge in [0.05, 0.1) is 14.2 Å². The molecule has 6 nitrogen and oxygen atoms in total. The van der Waals surface area contributed by atoms with E-state index in [0.717, 1.165) is 55.7 Å². The first-order valence-corrected chi connectivity index (χ1v) is 7.54. The Bertz CT molecular complexity index is 517. The van der Waals surface area contributed by atoms with Crippen molar-refractivity contribution < 1.29 is 9.47 Å². The van der Waals surface area contributed by atoms with Crippen LogP contribution in [0.4, 0.5) is 0 Å². The monoisotopic (exact) mass is 434 g/mol. The summed E-state index contributed by atoms with van der Waals surface area (Å²) in [6.45, 7) is 4.81. The lowest BCUT2D eigenvalue weighted by molar-refractivity contribution is 0.171. The van der Waals surface area contributed by atoms with Crippen LogP contribution in [0.5, 0.6) is 11.5 Å². The van der Waals surface area contributed by atoms with E-state index in [1.165, 1.54) is 0 Å². The molecule has 0 aliphatic carbocycles. The summed E-state index contributed by atoms with van der Waals surface area (Å²) in [5.41, 5.74) is 1.16. The number of nitrogens with one attached hydrogen (secondary N) is 1.